The standard InChI is InChI=1S/2C9H8O.5O.2V/c2*1-2-6-9-8(4-1)5-3-7-10-9;;;;;;;/h2*1-4,6-7H,5H2;;;;;;;/q;;5*-2;;. The number of hydrogen-bond acceptors (Lipinski definition) is 2. The van der Waals surface area contributed by atoms with Crippen LogP contribution in [-0.4, -0.2) is 0 Å². The van der Waals surface area contributed by atoms with Gasteiger partial charge >= 0.3 is 0 Å². The fraction of sp³-hybridized carbons (Fsp3) is 0.111. The maximum Gasteiger partial charge on any atom is 0.130 e. The van der Waals surface area contributed by atoms with E-state index in [0.717, 1.165) is 24.3 Å². The number of para-hydroxylation sites is 2. The fourth-order valence-corrected chi connectivity index (χ4v) is 2.17. The van der Waals surface area contributed by atoms with Crippen molar-refractivity contribution in [3.63, 3.8) is 0 Å². The smallest absolute Gasteiger partial charge is 0.130 e. The number of fused-ring (bicyclic) bond motifs is 2. The summed E-state index contributed by atoms with van der Waals surface area (Å²) in [6, 6.07) is 16.2. The van der Waals surface area contributed by atoms with Crippen molar-refractivity contribution in [3.8, 4) is 11.5 Å². The van der Waals surface area contributed by atoms with Gasteiger partial charge in [-0.05, 0) is 48.3 Å². The summed E-state index contributed by atoms with van der Waals surface area (Å²) >= 11 is 0. The summed E-state index contributed by atoms with van der Waals surface area (Å²) in [5, 5.41) is 0. The first kappa shape index (κ1) is 36.4. The molecule has 2 aromatic carbocycles. The van der Waals surface area contributed by atoms with E-state index in [1.165, 1.54) is 11.1 Å². The van der Waals surface area contributed by atoms with Crippen LogP contribution in [0.1, 0.15) is 11.1 Å². The van der Waals surface area contributed by atoms with Gasteiger partial charge in [-0.3, -0.25) is 0 Å². The first-order valence-corrected chi connectivity index (χ1v) is 6.72. The second-order valence-corrected chi connectivity index (χ2v) is 4.60. The van der Waals surface area contributed by atoms with Gasteiger partial charge in [0.2, 0.25) is 0 Å². The first-order valence-electron chi connectivity index (χ1n) is 6.72. The summed E-state index contributed by atoms with van der Waals surface area (Å²) in [5.74, 6) is 1.98. The molecule has 0 fully saturated rings. The minimum Gasteiger partial charge on any atom is -2.00 e. The van der Waals surface area contributed by atoms with Crippen LogP contribution >= 0.6 is 0 Å². The van der Waals surface area contributed by atoms with Crippen LogP contribution in [0.5, 0.6) is 11.5 Å². The van der Waals surface area contributed by atoms with Crippen molar-refractivity contribution in [2.24, 2.45) is 0 Å². The Kier molecular flexibility index (Phi) is 26.0. The second-order valence-electron chi connectivity index (χ2n) is 4.60. The minimum absolute atomic E-state index is 0. The molecular weight excluding hydrogens is 430 g/mol. The molecule has 0 saturated heterocycles. The topological polar surface area (TPSA) is 161 Å². The normalized spacial score (nSPS) is 10.4. The van der Waals surface area contributed by atoms with Crippen molar-refractivity contribution in [2.45, 2.75) is 12.8 Å². The zero-order valence-electron chi connectivity index (χ0n) is 14.1. The van der Waals surface area contributed by atoms with Crippen molar-refractivity contribution < 1.29 is 74.0 Å². The molecule has 0 atom stereocenters. The number of benzene rings is 2. The molecule has 0 aliphatic carbocycles. The summed E-state index contributed by atoms with van der Waals surface area (Å²) < 4.78 is 10.5. The molecule has 27 heavy (non-hydrogen) atoms. The molecule has 2 aliphatic rings. The van der Waals surface area contributed by atoms with Gasteiger partial charge in [0.05, 0.1) is 12.5 Å². The minimum atomic E-state index is 0. The zero-order chi connectivity index (χ0) is 13.6. The predicted octanol–water partition coefficient (Wildman–Crippen LogP) is 3.67. The summed E-state index contributed by atoms with van der Waals surface area (Å²) in [7, 11) is 0. The largest absolute Gasteiger partial charge is 2.00 e. The second kappa shape index (κ2) is 19.3. The monoisotopic (exact) mass is 446 g/mol. The molecule has 0 aromatic heterocycles. The van der Waals surface area contributed by atoms with Gasteiger partial charge in [0.1, 0.15) is 11.5 Å². The SMILES string of the molecule is C1=COc2ccccc2C1.C1=COc2ccccc2C1.[O-2].[O-2].[O-2].[O-2].[O-2].[V].[V]. The van der Waals surface area contributed by atoms with Gasteiger partial charge < -0.3 is 36.9 Å². The average molecular weight is 446 g/mol. The summed E-state index contributed by atoms with van der Waals surface area (Å²) in [5.41, 5.74) is 2.54. The van der Waals surface area contributed by atoms with Gasteiger partial charge in [-0.15, -0.1) is 0 Å². The van der Waals surface area contributed by atoms with Crippen LogP contribution in [0.3, 0.4) is 0 Å². The predicted molar refractivity (Wildman–Crippen MR) is 83.3 cm³/mol. The molecule has 0 unspecified atom stereocenters. The van der Waals surface area contributed by atoms with E-state index in [4.69, 9.17) is 9.47 Å². The van der Waals surface area contributed by atoms with Crippen molar-refractivity contribution in [2.75, 3.05) is 0 Å². The van der Waals surface area contributed by atoms with E-state index in [1.54, 1.807) is 12.5 Å². The third kappa shape index (κ3) is 10.4. The summed E-state index contributed by atoms with van der Waals surface area (Å²) in [6.45, 7) is 0. The third-order valence-electron chi connectivity index (χ3n) is 3.20. The van der Waals surface area contributed by atoms with Crippen molar-refractivity contribution in [1.29, 1.82) is 0 Å². The van der Waals surface area contributed by atoms with Crippen LogP contribution < -0.4 is 9.47 Å². The number of rotatable bonds is 0. The van der Waals surface area contributed by atoms with Crippen LogP contribution in [0.25, 0.3) is 0 Å². The molecule has 2 radical (unpaired) electrons. The van der Waals surface area contributed by atoms with Crippen molar-refractivity contribution in [1.82, 2.24) is 0 Å². The zero-order valence-corrected chi connectivity index (χ0v) is 16.9. The number of ether oxygens (including phenoxy) is 2. The molecule has 150 valence electrons. The van der Waals surface area contributed by atoms with Gasteiger partial charge in [-0.2, -0.15) is 0 Å². The molecular formula is C18H16O7V2-10. The Hall–Kier alpha value is -1.51. The Bertz CT molecular complexity index is 552. The first-order chi connectivity index (χ1) is 9.93. The molecule has 2 aromatic rings. The number of allylic oxidation sites excluding steroid dienone is 2. The Morgan fingerprint density at radius 3 is 1.19 bits per heavy atom. The third-order valence-corrected chi connectivity index (χ3v) is 3.20. The Morgan fingerprint density at radius 1 is 0.519 bits per heavy atom. The van der Waals surface area contributed by atoms with Crippen LogP contribution in [0.4, 0.5) is 0 Å². The van der Waals surface area contributed by atoms with Gasteiger partial charge in [-0.25, -0.2) is 0 Å². The van der Waals surface area contributed by atoms with Gasteiger partial charge in [-0.1, -0.05) is 36.4 Å². The van der Waals surface area contributed by atoms with Crippen LogP contribution in [0, 0.1) is 0 Å². The van der Waals surface area contributed by atoms with E-state index in [9.17, 15) is 0 Å². The van der Waals surface area contributed by atoms with E-state index < -0.39 is 0 Å². The molecule has 9 heteroatoms. The quantitative estimate of drug-likeness (QED) is 0.604. The fourth-order valence-electron chi connectivity index (χ4n) is 2.17. The molecule has 0 bridgehead atoms. The maximum atomic E-state index is 5.24. The Balaban J connectivity index is -0.0000000949. The Labute approximate surface area is 182 Å². The molecule has 7 nitrogen and oxygen atoms in total. The van der Waals surface area contributed by atoms with E-state index in [0.29, 0.717) is 0 Å². The molecule has 0 spiro atoms. The molecule has 2 heterocycles. The van der Waals surface area contributed by atoms with Crippen LogP contribution in [-0.2, 0) is 77.3 Å². The van der Waals surface area contributed by atoms with Gasteiger partial charge in [0.25, 0.3) is 0 Å². The van der Waals surface area contributed by atoms with Crippen LogP contribution in [0.2, 0.25) is 0 Å². The van der Waals surface area contributed by atoms with Crippen molar-refractivity contribution in [3.05, 3.63) is 84.3 Å². The summed E-state index contributed by atoms with van der Waals surface area (Å²) in [6.07, 6.45) is 9.50. The summed E-state index contributed by atoms with van der Waals surface area (Å²) in [4.78, 5) is 0. The number of hydrogen-bond donors (Lipinski definition) is 0. The van der Waals surface area contributed by atoms with E-state index >= 15 is 0 Å². The molecule has 0 amide bonds. The van der Waals surface area contributed by atoms with E-state index in [2.05, 4.69) is 12.1 Å². The maximum absolute atomic E-state index is 5.24. The van der Waals surface area contributed by atoms with E-state index in [-0.39, 0.29) is 64.5 Å². The van der Waals surface area contributed by atoms with E-state index in [1.807, 2.05) is 48.6 Å². The Morgan fingerprint density at radius 2 is 0.852 bits per heavy atom. The van der Waals surface area contributed by atoms with Gasteiger partial charge in [0.15, 0.2) is 0 Å². The van der Waals surface area contributed by atoms with Crippen LogP contribution in [0.15, 0.2) is 73.2 Å². The van der Waals surface area contributed by atoms with Gasteiger partial charge in [0, 0.05) is 37.1 Å². The molecule has 0 N–H and O–H groups in total. The average Bonchev–Trinajstić information content (AvgIpc) is 2.56. The van der Waals surface area contributed by atoms with Crippen molar-refractivity contribution >= 4 is 0 Å². The molecule has 4 rings (SSSR count). The molecule has 0 saturated carbocycles. The molecule has 2 aliphatic heterocycles.